The highest BCUT2D eigenvalue weighted by molar-refractivity contribution is 5.85. The monoisotopic (exact) mass is 273 g/mol. The first-order valence-electron chi connectivity index (χ1n) is 6.17. The summed E-state index contributed by atoms with van der Waals surface area (Å²) >= 11 is 0. The van der Waals surface area contributed by atoms with Gasteiger partial charge in [-0.1, -0.05) is 0 Å². The van der Waals surface area contributed by atoms with Gasteiger partial charge in [-0.15, -0.1) is 12.4 Å². The number of nitrogens with one attached hydrogen (secondary N) is 2. The van der Waals surface area contributed by atoms with Crippen LogP contribution in [0.1, 0.15) is 25.7 Å². The van der Waals surface area contributed by atoms with Crippen molar-refractivity contribution in [2.45, 2.75) is 38.3 Å². The summed E-state index contributed by atoms with van der Waals surface area (Å²) in [6, 6.07) is 0.589. The number of carbonyl (C=O) groups is 1. The molecule has 0 aromatic carbocycles. The van der Waals surface area contributed by atoms with E-state index in [0.29, 0.717) is 19.0 Å². The van der Waals surface area contributed by atoms with Crippen molar-refractivity contribution in [1.82, 2.24) is 25.4 Å². The van der Waals surface area contributed by atoms with Crippen molar-refractivity contribution in [3.8, 4) is 0 Å². The normalized spacial score (nSPS) is 18.3. The van der Waals surface area contributed by atoms with E-state index in [1.54, 1.807) is 11.0 Å². The van der Waals surface area contributed by atoms with Gasteiger partial charge in [0.1, 0.15) is 12.7 Å². The zero-order chi connectivity index (χ0) is 11.9. The third kappa shape index (κ3) is 5.01. The predicted molar refractivity (Wildman–Crippen MR) is 70.5 cm³/mol. The van der Waals surface area contributed by atoms with Gasteiger partial charge >= 0.3 is 0 Å². The third-order valence-corrected chi connectivity index (χ3v) is 3.01. The summed E-state index contributed by atoms with van der Waals surface area (Å²) in [5.41, 5.74) is 0. The van der Waals surface area contributed by atoms with Gasteiger partial charge in [0.15, 0.2) is 0 Å². The van der Waals surface area contributed by atoms with E-state index in [-0.39, 0.29) is 18.3 Å². The maximum atomic E-state index is 11.5. The van der Waals surface area contributed by atoms with Crippen molar-refractivity contribution < 1.29 is 4.79 Å². The smallest absolute Gasteiger partial charge is 0.221 e. The molecule has 7 heteroatoms. The molecule has 18 heavy (non-hydrogen) atoms. The van der Waals surface area contributed by atoms with Gasteiger partial charge in [-0.25, -0.2) is 4.98 Å². The summed E-state index contributed by atoms with van der Waals surface area (Å²) in [4.78, 5) is 15.3. The minimum atomic E-state index is 0. The van der Waals surface area contributed by atoms with Crippen LogP contribution in [0.2, 0.25) is 0 Å². The van der Waals surface area contributed by atoms with Gasteiger partial charge in [-0.2, -0.15) is 5.10 Å². The molecule has 1 aromatic rings. The van der Waals surface area contributed by atoms with Crippen LogP contribution in [0.15, 0.2) is 12.7 Å². The van der Waals surface area contributed by atoms with Crippen molar-refractivity contribution in [3.05, 3.63) is 12.7 Å². The summed E-state index contributed by atoms with van der Waals surface area (Å²) in [7, 11) is 0. The Morgan fingerprint density at radius 3 is 3.11 bits per heavy atom. The van der Waals surface area contributed by atoms with Crippen molar-refractivity contribution in [2.24, 2.45) is 0 Å². The lowest BCUT2D eigenvalue weighted by atomic mass is 10.1. The summed E-state index contributed by atoms with van der Waals surface area (Å²) in [6.07, 6.45) is 7.07. The molecular formula is C11H20ClN5O. The number of amides is 1. The van der Waals surface area contributed by atoms with E-state index in [2.05, 4.69) is 20.7 Å². The zero-order valence-electron chi connectivity index (χ0n) is 10.3. The van der Waals surface area contributed by atoms with Crippen LogP contribution in [0.25, 0.3) is 0 Å². The molecule has 1 aromatic heterocycles. The van der Waals surface area contributed by atoms with E-state index in [0.717, 1.165) is 19.5 Å². The van der Waals surface area contributed by atoms with Gasteiger partial charge in [0.25, 0.3) is 0 Å². The molecule has 1 atom stereocenters. The Kier molecular flexibility index (Phi) is 6.67. The molecule has 0 aliphatic carbocycles. The Bertz CT molecular complexity index is 337. The van der Waals surface area contributed by atoms with E-state index in [9.17, 15) is 4.79 Å². The number of halogens is 1. The summed E-state index contributed by atoms with van der Waals surface area (Å²) in [5.74, 6) is 0.0819. The second-order valence-electron chi connectivity index (χ2n) is 4.34. The first-order chi connectivity index (χ1) is 8.34. The van der Waals surface area contributed by atoms with Crippen LogP contribution in [-0.4, -0.2) is 39.8 Å². The lowest BCUT2D eigenvalue weighted by Gasteiger charge is -2.10. The van der Waals surface area contributed by atoms with E-state index in [1.165, 1.54) is 19.2 Å². The van der Waals surface area contributed by atoms with Crippen LogP contribution in [0.3, 0.4) is 0 Å². The highest BCUT2D eigenvalue weighted by Crippen LogP contribution is 2.07. The van der Waals surface area contributed by atoms with Crippen molar-refractivity contribution in [2.75, 3.05) is 13.1 Å². The third-order valence-electron chi connectivity index (χ3n) is 3.01. The first kappa shape index (κ1) is 14.9. The number of nitrogens with zero attached hydrogens (tertiary/aromatic N) is 3. The Morgan fingerprint density at radius 1 is 1.56 bits per heavy atom. The average molecular weight is 274 g/mol. The minimum Gasteiger partial charge on any atom is -0.356 e. The van der Waals surface area contributed by atoms with Crippen LogP contribution >= 0.6 is 12.4 Å². The SMILES string of the molecule is Cl.O=C(CCn1cncn1)NCC[C@H]1CCCN1. The number of aryl methyl sites for hydroxylation is 1. The molecule has 0 radical (unpaired) electrons. The van der Waals surface area contributed by atoms with Crippen LogP contribution in [0.4, 0.5) is 0 Å². The quantitative estimate of drug-likeness (QED) is 0.785. The zero-order valence-corrected chi connectivity index (χ0v) is 11.2. The molecule has 102 valence electrons. The summed E-state index contributed by atoms with van der Waals surface area (Å²) in [6.45, 7) is 2.46. The Hall–Kier alpha value is -1.14. The van der Waals surface area contributed by atoms with Crippen LogP contribution < -0.4 is 10.6 Å². The summed E-state index contributed by atoms with van der Waals surface area (Å²) < 4.78 is 1.66. The predicted octanol–water partition coefficient (Wildman–Crippen LogP) is 0.348. The van der Waals surface area contributed by atoms with Crippen molar-refractivity contribution in [1.29, 1.82) is 0 Å². The van der Waals surface area contributed by atoms with Gasteiger partial charge in [0.05, 0.1) is 6.54 Å². The maximum absolute atomic E-state index is 11.5. The van der Waals surface area contributed by atoms with Crippen molar-refractivity contribution in [3.63, 3.8) is 0 Å². The van der Waals surface area contributed by atoms with E-state index < -0.39 is 0 Å². The summed E-state index contributed by atoms with van der Waals surface area (Å²) in [5, 5.41) is 10.3. The van der Waals surface area contributed by atoms with Crippen molar-refractivity contribution >= 4 is 18.3 Å². The molecule has 0 saturated carbocycles. The number of rotatable bonds is 6. The molecule has 0 spiro atoms. The van der Waals surface area contributed by atoms with Gasteiger partial charge in [-0.05, 0) is 25.8 Å². The average Bonchev–Trinajstić information content (AvgIpc) is 2.99. The minimum absolute atomic E-state index is 0. The Morgan fingerprint density at radius 2 is 2.44 bits per heavy atom. The second-order valence-corrected chi connectivity index (χ2v) is 4.34. The molecule has 2 rings (SSSR count). The van der Waals surface area contributed by atoms with Gasteiger partial charge < -0.3 is 10.6 Å². The second kappa shape index (κ2) is 8.05. The van der Waals surface area contributed by atoms with Gasteiger partial charge in [-0.3, -0.25) is 9.48 Å². The molecule has 2 N–H and O–H groups in total. The van der Waals surface area contributed by atoms with Crippen LogP contribution in [0, 0.1) is 0 Å². The largest absolute Gasteiger partial charge is 0.356 e. The number of hydrogen-bond acceptors (Lipinski definition) is 4. The molecule has 1 aliphatic heterocycles. The van der Waals surface area contributed by atoms with Crippen LogP contribution in [-0.2, 0) is 11.3 Å². The number of hydrogen-bond donors (Lipinski definition) is 2. The Balaban J connectivity index is 0.00000162. The highest BCUT2D eigenvalue weighted by atomic mass is 35.5. The molecule has 1 saturated heterocycles. The van der Waals surface area contributed by atoms with E-state index >= 15 is 0 Å². The van der Waals surface area contributed by atoms with E-state index in [1.807, 2.05) is 0 Å². The van der Waals surface area contributed by atoms with E-state index in [4.69, 9.17) is 0 Å². The molecular weight excluding hydrogens is 254 g/mol. The molecule has 6 nitrogen and oxygen atoms in total. The molecule has 2 heterocycles. The van der Waals surface area contributed by atoms with Crippen LogP contribution in [0.5, 0.6) is 0 Å². The van der Waals surface area contributed by atoms with Gasteiger partial charge in [0, 0.05) is 19.0 Å². The lowest BCUT2D eigenvalue weighted by molar-refractivity contribution is -0.121. The molecule has 1 aliphatic rings. The highest BCUT2D eigenvalue weighted by Gasteiger charge is 2.13. The fourth-order valence-corrected chi connectivity index (χ4v) is 2.04. The molecule has 0 unspecified atom stereocenters. The van der Waals surface area contributed by atoms with Gasteiger partial charge in [0.2, 0.25) is 5.91 Å². The number of aromatic nitrogens is 3. The standard InChI is InChI=1S/C11H19N5O.ClH/c17-11(4-7-16-9-12-8-15-16)14-6-3-10-2-1-5-13-10;/h8-10,13H,1-7H2,(H,14,17);1H/t10-;/m1./s1. The fraction of sp³-hybridized carbons (Fsp3) is 0.727. The molecule has 1 amide bonds. The fourth-order valence-electron chi connectivity index (χ4n) is 2.04. The Labute approximate surface area is 113 Å². The molecule has 0 bridgehead atoms. The lowest BCUT2D eigenvalue weighted by Crippen LogP contribution is -2.31. The number of carbonyl (C=O) groups excluding carboxylic acids is 1. The molecule has 1 fully saturated rings. The maximum Gasteiger partial charge on any atom is 0.221 e. The first-order valence-corrected chi connectivity index (χ1v) is 6.17. The topological polar surface area (TPSA) is 71.8 Å².